The Morgan fingerprint density at radius 2 is 1.97 bits per heavy atom. The largest absolute Gasteiger partial charge is 0.454 e. The summed E-state index contributed by atoms with van der Waals surface area (Å²) in [6.07, 6.45) is 3.32. The molecule has 0 spiro atoms. The second-order valence-electron chi connectivity index (χ2n) is 7.12. The quantitative estimate of drug-likeness (QED) is 0.357. The average molecular weight is 446 g/mol. The third kappa shape index (κ3) is 3.90. The van der Waals surface area contributed by atoms with Crippen LogP contribution in [0.2, 0.25) is 0 Å². The highest BCUT2D eigenvalue weighted by Gasteiger charge is 2.19. The van der Waals surface area contributed by atoms with Crippen molar-refractivity contribution in [3.8, 4) is 11.5 Å². The summed E-state index contributed by atoms with van der Waals surface area (Å²) < 4.78 is 12.3. The van der Waals surface area contributed by atoms with Crippen LogP contribution in [0, 0.1) is 0 Å². The lowest BCUT2D eigenvalue weighted by Crippen LogP contribution is -2.14. The van der Waals surface area contributed by atoms with Crippen molar-refractivity contribution < 1.29 is 19.1 Å². The lowest BCUT2D eigenvalue weighted by Gasteiger charge is -2.09. The highest BCUT2D eigenvalue weighted by molar-refractivity contribution is 7.99. The molecule has 4 aromatic rings. The number of rotatable bonds is 6. The lowest BCUT2D eigenvalue weighted by molar-refractivity contribution is -0.113. The van der Waals surface area contributed by atoms with Gasteiger partial charge in [-0.15, -0.1) is 0 Å². The van der Waals surface area contributed by atoms with E-state index >= 15 is 0 Å². The fourth-order valence-electron chi connectivity index (χ4n) is 3.43. The molecule has 0 aliphatic carbocycles. The van der Waals surface area contributed by atoms with Gasteiger partial charge in [-0.1, -0.05) is 30.0 Å². The standard InChI is InChI=1S/C23H18N4O4S/c1-27-9-8-24-23(27)22(29)16-11-21(26-17-5-3-2-4-15(16)17)32-12-20(28)25-14-6-7-18-19(10-14)31-13-30-18/h2-11H,12-13H2,1H3,(H,25,28). The molecule has 2 aromatic heterocycles. The maximum atomic E-state index is 13.1. The Morgan fingerprint density at radius 1 is 1.12 bits per heavy atom. The van der Waals surface area contributed by atoms with Crippen LogP contribution in [0.1, 0.15) is 16.2 Å². The van der Waals surface area contributed by atoms with E-state index in [9.17, 15) is 9.59 Å². The smallest absolute Gasteiger partial charge is 0.234 e. The molecule has 3 heterocycles. The first-order valence-electron chi connectivity index (χ1n) is 9.82. The van der Waals surface area contributed by atoms with E-state index in [1.165, 1.54) is 11.8 Å². The first kappa shape index (κ1) is 20.1. The minimum atomic E-state index is -0.194. The fourth-order valence-corrected chi connectivity index (χ4v) is 4.14. The van der Waals surface area contributed by atoms with E-state index in [1.807, 2.05) is 24.3 Å². The molecule has 1 N–H and O–H groups in total. The van der Waals surface area contributed by atoms with Crippen LogP contribution in [-0.4, -0.2) is 38.8 Å². The SMILES string of the molecule is Cn1ccnc1C(=O)c1cc(SCC(=O)Nc2ccc3c(c2)OCO3)nc2ccccc12. The molecule has 0 atom stereocenters. The zero-order valence-corrected chi connectivity index (χ0v) is 17.9. The number of hydrogen-bond donors (Lipinski definition) is 1. The molecule has 1 aliphatic heterocycles. The zero-order valence-electron chi connectivity index (χ0n) is 17.1. The van der Waals surface area contributed by atoms with E-state index < -0.39 is 0 Å². The normalized spacial score (nSPS) is 12.2. The molecule has 0 saturated carbocycles. The number of imidazole rings is 1. The summed E-state index contributed by atoms with van der Waals surface area (Å²) >= 11 is 1.26. The zero-order chi connectivity index (χ0) is 22.1. The van der Waals surface area contributed by atoms with Gasteiger partial charge in [0, 0.05) is 42.1 Å². The molecule has 0 saturated heterocycles. The number of hydrogen-bond acceptors (Lipinski definition) is 7. The van der Waals surface area contributed by atoms with E-state index in [0.29, 0.717) is 39.1 Å². The highest BCUT2D eigenvalue weighted by atomic mass is 32.2. The van der Waals surface area contributed by atoms with E-state index in [2.05, 4.69) is 15.3 Å². The molecule has 160 valence electrons. The number of carbonyl (C=O) groups excluding carboxylic acids is 2. The Balaban J connectivity index is 1.36. The molecule has 1 aliphatic rings. The summed E-state index contributed by atoms with van der Waals surface area (Å²) in [5.74, 6) is 1.35. The first-order valence-corrected chi connectivity index (χ1v) is 10.8. The molecule has 9 heteroatoms. The lowest BCUT2D eigenvalue weighted by atomic mass is 10.1. The van der Waals surface area contributed by atoms with Crippen molar-refractivity contribution in [2.45, 2.75) is 5.03 Å². The Morgan fingerprint density at radius 3 is 2.81 bits per heavy atom. The minimum Gasteiger partial charge on any atom is -0.454 e. The molecule has 2 aromatic carbocycles. The minimum absolute atomic E-state index is 0.135. The van der Waals surface area contributed by atoms with Crippen LogP contribution in [0.5, 0.6) is 11.5 Å². The number of nitrogens with zero attached hydrogens (tertiary/aromatic N) is 3. The summed E-state index contributed by atoms with van der Waals surface area (Å²) in [7, 11) is 1.78. The van der Waals surface area contributed by atoms with Crippen LogP contribution in [-0.2, 0) is 11.8 Å². The molecule has 0 radical (unpaired) electrons. The van der Waals surface area contributed by atoms with E-state index in [-0.39, 0.29) is 24.2 Å². The number of amides is 1. The number of pyridine rings is 1. The summed E-state index contributed by atoms with van der Waals surface area (Å²) in [5.41, 5.74) is 1.81. The van der Waals surface area contributed by atoms with Gasteiger partial charge in [0.15, 0.2) is 17.3 Å². The van der Waals surface area contributed by atoms with Crippen molar-refractivity contribution in [3.05, 3.63) is 72.3 Å². The number of ether oxygens (including phenoxy) is 2. The predicted octanol–water partition coefficient (Wildman–Crippen LogP) is 3.66. The first-order chi connectivity index (χ1) is 15.6. The van der Waals surface area contributed by atoms with Gasteiger partial charge in [-0.25, -0.2) is 9.97 Å². The van der Waals surface area contributed by atoms with E-state index in [1.54, 1.807) is 48.3 Å². The molecule has 0 bridgehead atoms. The van der Waals surface area contributed by atoms with E-state index in [0.717, 1.165) is 5.39 Å². The molecule has 8 nitrogen and oxygen atoms in total. The maximum absolute atomic E-state index is 13.1. The van der Waals surface area contributed by atoms with Gasteiger partial charge >= 0.3 is 0 Å². The number of thioether (sulfide) groups is 1. The van der Waals surface area contributed by atoms with Gasteiger partial charge in [-0.2, -0.15) is 0 Å². The molecule has 0 fully saturated rings. The number of ketones is 1. The maximum Gasteiger partial charge on any atom is 0.234 e. The van der Waals surface area contributed by atoms with Gasteiger partial charge < -0.3 is 19.4 Å². The third-order valence-electron chi connectivity index (χ3n) is 4.97. The monoisotopic (exact) mass is 446 g/mol. The van der Waals surface area contributed by atoms with Crippen LogP contribution in [0.25, 0.3) is 10.9 Å². The Hall–Kier alpha value is -3.85. The number of aromatic nitrogens is 3. The average Bonchev–Trinajstić information content (AvgIpc) is 3.45. The molecule has 32 heavy (non-hydrogen) atoms. The van der Waals surface area contributed by atoms with Gasteiger partial charge in [0.2, 0.25) is 18.5 Å². The van der Waals surface area contributed by atoms with Crippen molar-refractivity contribution in [2.24, 2.45) is 7.05 Å². The van der Waals surface area contributed by atoms with Crippen LogP contribution in [0.3, 0.4) is 0 Å². The van der Waals surface area contributed by atoms with Gasteiger partial charge in [-0.3, -0.25) is 9.59 Å². The Labute approximate surface area is 187 Å². The highest BCUT2D eigenvalue weighted by Crippen LogP contribution is 2.34. The number of anilines is 1. The molecule has 5 rings (SSSR count). The predicted molar refractivity (Wildman–Crippen MR) is 120 cm³/mol. The van der Waals surface area contributed by atoms with Crippen LogP contribution < -0.4 is 14.8 Å². The Bertz CT molecular complexity index is 1350. The molecule has 1 amide bonds. The number of benzene rings is 2. The molecular weight excluding hydrogens is 428 g/mol. The second kappa shape index (κ2) is 8.35. The topological polar surface area (TPSA) is 95.3 Å². The number of para-hydroxylation sites is 1. The number of aryl methyl sites for hydroxylation is 1. The van der Waals surface area contributed by atoms with Gasteiger partial charge in [0.05, 0.1) is 16.3 Å². The number of fused-ring (bicyclic) bond motifs is 2. The fraction of sp³-hybridized carbons (Fsp3) is 0.130. The Kier molecular flexibility index (Phi) is 5.24. The van der Waals surface area contributed by atoms with Crippen molar-refractivity contribution >= 4 is 40.0 Å². The molecule has 0 unspecified atom stereocenters. The summed E-state index contributed by atoms with van der Waals surface area (Å²) in [6.45, 7) is 0.176. The van der Waals surface area contributed by atoms with Crippen LogP contribution >= 0.6 is 11.8 Å². The van der Waals surface area contributed by atoms with Crippen molar-refractivity contribution in [1.82, 2.24) is 14.5 Å². The van der Waals surface area contributed by atoms with Crippen LogP contribution in [0.15, 0.2) is 66.0 Å². The van der Waals surface area contributed by atoms with Crippen molar-refractivity contribution in [2.75, 3.05) is 17.9 Å². The summed E-state index contributed by atoms with van der Waals surface area (Å²) in [4.78, 5) is 34.4. The van der Waals surface area contributed by atoms with Gasteiger partial charge in [0.1, 0.15) is 0 Å². The summed E-state index contributed by atoms with van der Waals surface area (Å²) in [5, 5.41) is 4.17. The number of carbonyl (C=O) groups is 2. The second-order valence-corrected chi connectivity index (χ2v) is 8.12. The summed E-state index contributed by atoms with van der Waals surface area (Å²) in [6, 6.07) is 14.4. The number of nitrogens with one attached hydrogen (secondary N) is 1. The van der Waals surface area contributed by atoms with Crippen LogP contribution in [0.4, 0.5) is 5.69 Å². The van der Waals surface area contributed by atoms with Crippen molar-refractivity contribution in [1.29, 1.82) is 0 Å². The van der Waals surface area contributed by atoms with Crippen molar-refractivity contribution in [3.63, 3.8) is 0 Å². The molecular formula is C23H18N4O4S. The third-order valence-corrected chi connectivity index (χ3v) is 5.88. The van der Waals surface area contributed by atoms with Gasteiger partial charge in [-0.05, 0) is 24.3 Å². The van der Waals surface area contributed by atoms with Gasteiger partial charge in [0.25, 0.3) is 0 Å². The van der Waals surface area contributed by atoms with E-state index in [4.69, 9.17) is 9.47 Å².